The molecule has 8 heteroatoms. The van der Waals surface area contributed by atoms with E-state index in [0.29, 0.717) is 6.54 Å². The number of amides is 1. The van der Waals surface area contributed by atoms with Gasteiger partial charge in [-0.15, -0.1) is 5.10 Å². The van der Waals surface area contributed by atoms with Gasteiger partial charge in [0, 0.05) is 6.26 Å². The first-order valence-electron chi connectivity index (χ1n) is 8.38. The molecule has 0 aliphatic carbocycles. The van der Waals surface area contributed by atoms with Crippen LogP contribution in [0.2, 0.25) is 0 Å². The first-order chi connectivity index (χ1) is 12.8. The monoisotopic (exact) mass is 384 g/mol. The molecule has 0 spiro atoms. The molecular formula is C19H20N4O3S. The SMILES string of the molecule is CC(NC(=O)c1cn(Cc2ccccc2)nn1)c1ccc(S(C)(=O)=O)cc1. The first kappa shape index (κ1) is 18.8. The lowest BCUT2D eigenvalue weighted by molar-refractivity contribution is 0.0934. The van der Waals surface area contributed by atoms with Crippen molar-refractivity contribution < 1.29 is 13.2 Å². The summed E-state index contributed by atoms with van der Waals surface area (Å²) in [6.45, 7) is 2.35. The Bertz CT molecular complexity index is 1030. The lowest BCUT2D eigenvalue weighted by Crippen LogP contribution is -2.27. The fraction of sp³-hybridized carbons (Fsp3) is 0.211. The van der Waals surface area contributed by atoms with Gasteiger partial charge in [-0.25, -0.2) is 13.1 Å². The third kappa shape index (κ3) is 4.79. The number of nitrogens with zero attached hydrogens (tertiary/aromatic N) is 3. The van der Waals surface area contributed by atoms with E-state index in [4.69, 9.17) is 0 Å². The number of rotatable bonds is 6. The van der Waals surface area contributed by atoms with Crippen LogP contribution >= 0.6 is 0 Å². The zero-order valence-electron chi connectivity index (χ0n) is 15.0. The lowest BCUT2D eigenvalue weighted by Gasteiger charge is -2.13. The van der Waals surface area contributed by atoms with Crippen LogP contribution in [-0.4, -0.2) is 35.6 Å². The molecule has 3 rings (SSSR count). The summed E-state index contributed by atoms with van der Waals surface area (Å²) in [5, 5.41) is 10.8. The van der Waals surface area contributed by atoms with Gasteiger partial charge in [0.1, 0.15) is 0 Å². The minimum Gasteiger partial charge on any atom is -0.344 e. The quantitative estimate of drug-likeness (QED) is 0.703. The predicted octanol–water partition coefficient (Wildman–Crippen LogP) is 2.22. The van der Waals surface area contributed by atoms with Crippen molar-refractivity contribution in [2.45, 2.75) is 24.4 Å². The summed E-state index contributed by atoms with van der Waals surface area (Å²) >= 11 is 0. The Kier molecular flexibility index (Phi) is 5.36. The summed E-state index contributed by atoms with van der Waals surface area (Å²) < 4.78 is 24.7. The summed E-state index contributed by atoms with van der Waals surface area (Å²) in [5.41, 5.74) is 2.09. The van der Waals surface area contributed by atoms with Gasteiger partial charge in [-0.3, -0.25) is 4.79 Å². The van der Waals surface area contributed by atoms with Crippen LogP contribution in [-0.2, 0) is 16.4 Å². The van der Waals surface area contributed by atoms with E-state index in [2.05, 4.69) is 15.6 Å². The minimum absolute atomic E-state index is 0.227. The maximum Gasteiger partial charge on any atom is 0.273 e. The van der Waals surface area contributed by atoms with Crippen molar-refractivity contribution in [1.29, 1.82) is 0 Å². The molecule has 3 aromatic rings. The van der Waals surface area contributed by atoms with Crippen LogP contribution in [0, 0.1) is 0 Å². The van der Waals surface area contributed by atoms with Gasteiger partial charge in [0.2, 0.25) is 0 Å². The zero-order valence-corrected chi connectivity index (χ0v) is 15.8. The fourth-order valence-corrected chi connectivity index (χ4v) is 3.24. The van der Waals surface area contributed by atoms with Gasteiger partial charge < -0.3 is 5.32 Å². The summed E-state index contributed by atoms with van der Waals surface area (Å²) in [5.74, 6) is -0.339. The third-order valence-corrected chi connectivity index (χ3v) is 5.24. The second-order valence-corrected chi connectivity index (χ2v) is 8.34. The Labute approximate surface area is 158 Å². The Morgan fingerprint density at radius 1 is 1.11 bits per heavy atom. The number of nitrogens with one attached hydrogen (secondary N) is 1. The highest BCUT2D eigenvalue weighted by atomic mass is 32.2. The summed E-state index contributed by atoms with van der Waals surface area (Å²) in [6.07, 6.45) is 2.76. The molecule has 1 unspecified atom stereocenters. The molecule has 7 nitrogen and oxygen atoms in total. The molecule has 1 atom stereocenters. The van der Waals surface area contributed by atoms with Crippen molar-refractivity contribution >= 4 is 15.7 Å². The van der Waals surface area contributed by atoms with Crippen LogP contribution in [0.4, 0.5) is 0 Å². The van der Waals surface area contributed by atoms with E-state index in [-0.39, 0.29) is 22.5 Å². The molecule has 1 N–H and O–H groups in total. The van der Waals surface area contributed by atoms with Crippen molar-refractivity contribution in [3.05, 3.63) is 77.6 Å². The second-order valence-electron chi connectivity index (χ2n) is 6.32. The minimum atomic E-state index is -3.24. The molecule has 0 aliphatic heterocycles. The number of carbonyl (C=O) groups is 1. The molecule has 0 bridgehead atoms. The highest BCUT2D eigenvalue weighted by molar-refractivity contribution is 7.90. The first-order valence-corrected chi connectivity index (χ1v) is 10.3. The molecule has 2 aromatic carbocycles. The van der Waals surface area contributed by atoms with Crippen LogP contribution in [0.25, 0.3) is 0 Å². The van der Waals surface area contributed by atoms with Crippen molar-refractivity contribution in [3.63, 3.8) is 0 Å². The second kappa shape index (κ2) is 7.71. The average molecular weight is 384 g/mol. The molecular weight excluding hydrogens is 364 g/mol. The average Bonchev–Trinajstić information content (AvgIpc) is 3.10. The number of sulfone groups is 1. The highest BCUT2D eigenvalue weighted by Crippen LogP contribution is 2.16. The van der Waals surface area contributed by atoms with E-state index in [0.717, 1.165) is 17.4 Å². The van der Waals surface area contributed by atoms with Gasteiger partial charge in [-0.05, 0) is 30.2 Å². The number of aromatic nitrogens is 3. The van der Waals surface area contributed by atoms with E-state index in [1.54, 1.807) is 23.0 Å². The van der Waals surface area contributed by atoms with Crippen LogP contribution in [0.3, 0.4) is 0 Å². The van der Waals surface area contributed by atoms with E-state index >= 15 is 0 Å². The number of hydrogen-bond donors (Lipinski definition) is 1. The largest absolute Gasteiger partial charge is 0.344 e. The molecule has 27 heavy (non-hydrogen) atoms. The lowest BCUT2D eigenvalue weighted by atomic mass is 10.1. The molecule has 0 radical (unpaired) electrons. The topological polar surface area (TPSA) is 93.9 Å². The summed E-state index contributed by atoms with van der Waals surface area (Å²) in [6, 6.07) is 15.9. The van der Waals surface area contributed by atoms with Crippen LogP contribution in [0.15, 0.2) is 65.7 Å². The van der Waals surface area contributed by atoms with Gasteiger partial charge in [0.05, 0.1) is 23.7 Å². The van der Waals surface area contributed by atoms with Gasteiger partial charge in [0.15, 0.2) is 15.5 Å². The number of carbonyl (C=O) groups excluding carboxylic acids is 1. The molecule has 0 fully saturated rings. The highest BCUT2D eigenvalue weighted by Gasteiger charge is 2.16. The summed E-state index contributed by atoms with van der Waals surface area (Å²) in [7, 11) is -3.24. The Balaban J connectivity index is 1.65. The smallest absolute Gasteiger partial charge is 0.273 e. The Hall–Kier alpha value is -3.00. The van der Waals surface area contributed by atoms with Crippen molar-refractivity contribution in [2.24, 2.45) is 0 Å². The van der Waals surface area contributed by atoms with Gasteiger partial charge in [-0.1, -0.05) is 47.7 Å². The standard InChI is InChI=1S/C19H20N4O3S/c1-14(16-8-10-17(11-9-16)27(2,25)26)20-19(24)18-13-23(22-21-18)12-15-6-4-3-5-7-15/h3-11,13-14H,12H2,1-2H3,(H,20,24). The van der Waals surface area contributed by atoms with Gasteiger partial charge >= 0.3 is 0 Å². The third-order valence-electron chi connectivity index (χ3n) is 4.11. The van der Waals surface area contributed by atoms with Crippen molar-refractivity contribution in [3.8, 4) is 0 Å². The predicted molar refractivity (Wildman–Crippen MR) is 101 cm³/mol. The number of benzene rings is 2. The summed E-state index contributed by atoms with van der Waals surface area (Å²) in [4.78, 5) is 12.6. The Morgan fingerprint density at radius 2 is 1.78 bits per heavy atom. The normalized spacial score (nSPS) is 12.5. The molecule has 1 aromatic heterocycles. The zero-order chi connectivity index (χ0) is 19.4. The molecule has 0 saturated carbocycles. The van der Waals surface area contributed by atoms with Crippen LogP contribution < -0.4 is 5.32 Å². The van der Waals surface area contributed by atoms with Crippen LogP contribution in [0.5, 0.6) is 0 Å². The Morgan fingerprint density at radius 3 is 2.41 bits per heavy atom. The molecule has 0 saturated heterocycles. The van der Waals surface area contributed by atoms with E-state index in [1.807, 2.05) is 37.3 Å². The van der Waals surface area contributed by atoms with E-state index in [1.165, 1.54) is 12.1 Å². The van der Waals surface area contributed by atoms with Gasteiger partial charge in [0.25, 0.3) is 5.91 Å². The molecule has 1 amide bonds. The fourth-order valence-electron chi connectivity index (χ4n) is 2.61. The number of hydrogen-bond acceptors (Lipinski definition) is 5. The maximum absolute atomic E-state index is 12.4. The van der Waals surface area contributed by atoms with Crippen molar-refractivity contribution in [2.75, 3.05) is 6.26 Å². The maximum atomic E-state index is 12.4. The van der Waals surface area contributed by atoms with Gasteiger partial charge in [-0.2, -0.15) is 0 Å². The molecule has 140 valence electrons. The van der Waals surface area contributed by atoms with E-state index in [9.17, 15) is 13.2 Å². The van der Waals surface area contributed by atoms with Crippen LogP contribution in [0.1, 0.15) is 34.6 Å². The molecule has 0 aliphatic rings. The van der Waals surface area contributed by atoms with E-state index < -0.39 is 9.84 Å². The molecule has 1 heterocycles. The van der Waals surface area contributed by atoms with Crippen molar-refractivity contribution in [1.82, 2.24) is 20.3 Å².